The molecule has 0 aromatic heterocycles. The summed E-state index contributed by atoms with van der Waals surface area (Å²) in [5.41, 5.74) is 0.691. The molecule has 1 aromatic rings. The highest BCUT2D eigenvalue weighted by Gasteiger charge is 2.48. The predicted octanol–water partition coefficient (Wildman–Crippen LogP) is 1.67. The van der Waals surface area contributed by atoms with Crippen LogP contribution < -0.4 is 19.5 Å². The van der Waals surface area contributed by atoms with Crippen molar-refractivity contribution in [1.82, 2.24) is 10.2 Å². The van der Waals surface area contributed by atoms with E-state index in [1.807, 2.05) is 12.1 Å². The van der Waals surface area contributed by atoms with Gasteiger partial charge in [0.05, 0.1) is 7.11 Å². The largest absolute Gasteiger partial charge is 0.496 e. The number of carbonyl (C=O) groups excluding carboxylic acids is 1. The maximum atomic E-state index is 12.5. The third-order valence-electron chi connectivity index (χ3n) is 5.24. The van der Waals surface area contributed by atoms with Crippen LogP contribution in [0.4, 0.5) is 0 Å². The van der Waals surface area contributed by atoms with Gasteiger partial charge in [0.2, 0.25) is 12.7 Å². The van der Waals surface area contributed by atoms with Crippen molar-refractivity contribution in [2.45, 2.75) is 37.8 Å². The van der Waals surface area contributed by atoms with Gasteiger partial charge in [-0.25, -0.2) is 0 Å². The van der Waals surface area contributed by atoms with Crippen molar-refractivity contribution in [3.05, 3.63) is 17.7 Å². The van der Waals surface area contributed by atoms with Crippen LogP contribution in [0.15, 0.2) is 12.1 Å². The molecule has 1 aromatic carbocycles. The van der Waals surface area contributed by atoms with Gasteiger partial charge in [-0.2, -0.15) is 0 Å². The van der Waals surface area contributed by atoms with E-state index in [4.69, 9.17) is 14.2 Å². The van der Waals surface area contributed by atoms with Crippen LogP contribution in [-0.2, 0) is 11.3 Å². The molecule has 0 radical (unpaired) electrons. The molecule has 1 atom stereocenters. The molecule has 3 heterocycles. The highest BCUT2D eigenvalue weighted by molar-refractivity contribution is 5.87. The Morgan fingerprint density at radius 3 is 2.83 bits per heavy atom. The summed E-state index contributed by atoms with van der Waals surface area (Å²) >= 11 is 0. The Hall–Kier alpha value is -1.95. The average Bonchev–Trinajstić information content (AvgIpc) is 3.17. The quantitative estimate of drug-likeness (QED) is 0.918. The van der Waals surface area contributed by atoms with Gasteiger partial charge in [-0.3, -0.25) is 9.69 Å². The molecule has 0 bridgehead atoms. The molecule has 2 fully saturated rings. The number of hydrogen-bond donors (Lipinski definition) is 1. The Labute approximate surface area is 135 Å². The second kappa shape index (κ2) is 5.60. The van der Waals surface area contributed by atoms with E-state index < -0.39 is 0 Å². The first-order valence-electron chi connectivity index (χ1n) is 8.23. The number of ether oxygens (including phenoxy) is 3. The summed E-state index contributed by atoms with van der Waals surface area (Å²) in [6.45, 7) is 2.66. The highest BCUT2D eigenvalue weighted by atomic mass is 16.7. The lowest BCUT2D eigenvalue weighted by molar-refractivity contribution is -0.134. The molecule has 1 amide bonds. The van der Waals surface area contributed by atoms with Crippen LogP contribution >= 0.6 is 0 Å². The molecule has 1 unspecified atom stereocenters. The fraction of sp³-hybridized carbons (Fsp3) is 0.588. The molecule has 6 heteroatoms. The Balaban J connectivity index is 1.63. The lowest BCUT2D eigenvalue weighted by atomic mass is 9.86. The summed E-state index contributed by atoms with van der Waals surface area (Å²) in [4.78, 5) is 14.8. The van der Waals surface area contributed by atoms with Gasteiger partial charge >= 0.3 is 0 Å². The van der Waals surface area contributed by atoms with Crippen molar-refractivity contribution in [3.8, 4) is 17.2 Å². The van der Waals surface area contributed by atoms with Gasteiger partial charge in [-0.05, 0) is 38.3 Å². The molecule has 3 aliphatic heterocycles. The molecule has 3 aliphatic rings. The molecule has 23 heavy (non-hydrogen) atoms. The van der Waals surface area contributed by atoms with E-state index in [9.17, 15) is 4.79 Å². The van der Waals surface area contributed by atoms with Crippen LogP contribution in [0.2, 0.25) is 0 Å². The maximum Gasteiger partial charge on any atom is 0.240 e. The third kappa shape index (κ3) is 2.32. The van der Waals surface area contributed by atoms with Crippen LogP contribution in [0.25, 0.3) is 0 Å². The first kappa shape index (κ1) is 14.6. The normalized spacial score (nSPS) is 26.6. The van der Waals surface area contributed by atoms with Crippen LogP contribution in [0.3, 0.4) is 0 Å². The number of methoxy groups -OCH3 is 1. The van der Waals surface area contributed by atoms with Crippen LogP contribution in [0, 0.1) is 0 Å². The van der Waals surface area contributed by atoms with E-state index in [-0.39, 0.29) is 18.2 Å². The molecule has 6 nitrogen and oxygen atoms in total. The lowest BCUT2D eigenvalue weighted by Gasteiger charge is -2.40. The average molecular weight is 318 g/mol. The fourth-order valence-corrected chi connectivity index (χ4v) is 4.05. The van der Waals surface area contributed by atoms with Crippen molar-refractivity contribution in [1.29, 1.82) is 0 Å². The summed E-state index contributed by atoms with van der Waals surface area (Å²) < 4.78 is 16.4. The van der Waals surface area contributed by atoms with Crippen molar-refractivity contribution < 1.29 is 19.0 Å². The molecule has 1 spiro atoms. The van der Waals surface area contributed by atoms with Gasteiger partial charge in [0.25, 0.3) is 0 Å². The zero-order valence-electron chi connectivity index (χ0n) is 13.4. The van der Waals surface area contributed by atoms with E-state index in [1.165, 1.54) is 0 Å². The number of amides is 1. The zero-order valence-corrected chi connectivity index (χ0v) is 13.4. The number of fused-ring (bicyclic) bond motifs is 1. The topological polar surface area (TPSA) is 60.0 Å². The monoisotopic (exact) mass is 318 g/mol. The van der Waals surface area contributed by atoms with Crippen molar-refractivity contribution in [2.75, 3.05) is 27.0 Å². The SMILES string of the molecule is COc1cc2c(cc1CN1CCCC13CCCNC3=O)OCO2. The van der Waals surface area contributed by atoms with E-state index in [0.717, 1.165) is 61.6 Å². The second-order valence-corrected chi connectivity index (χ2v) is 6.43. The van der Waals surface area contributed by atoms with E-state index in [0.29, 0.717) is 6.54 Å². The molecule has 0 saturated carbocycles. The summed E-state index contributed by atoms with van der Waals surface area (Å²) in [7, 11) is 1.66. The maximum absolute atomic E-state index is 12.5. The predicted molar refractivity (Wildman–Crippen MR) is 83.7 cm³/mol. The van der Waals surface area contributed by atoms with Gasteiger partial charge in [-0.15, -0.1) is 0 Å². The van der Waals surface area contributed by atoms with Crippen molar-refractivity contribution >= 4 is 5.91 Å². The van der Waals surface area contributed by atoms with Gasteiger partial charge in [0.1, 0.15) is 11.3 Å². The minimum absolute atomic E-state index is 0.181. The summed E-state index contributed by atoms with van der Waals surface area (Å²) in [6, 6.07) is 3.86. The number of piperidine rings is 1. The molecule has 0 aliphatic carbocycles. The van der Waals surface area contributed by atoms with E-state index >= 15 is 0 Å². The number of rotatable bonds is 3. The number of nitrogens with one attached hydrogen (secondary N) is 1. The first-order valence-corrected chi connectivity index (χ1v) is 8.23. The fourth-order valence-electron chi connectivity index (χ4n) is 4.05. The number of benzene rings is 1. The molecule has 4 rings (SSSR count). The standard InChI is InChI=1S/C17H22N2O4/c1-21-13-9-15-14(22-11-23-15)8-12(13)10-19-7-3-5-17(19)4-2-6-18-16(17)20/h8-9H,2-7,10-11H2,1H3,(H,18,20). The molecular formula is C17H22N2O4. The molecular weight excluding hydrogens is 296 g/mol. The second-order valence-electron chi connectivity index (χ2n) is 6.43. The highest BCUT2D eigenvalue weighted by Crippen LogP contribution is 2.41. The Bertz CT molecular complexity index is 633. The first-order chi connectivity index (χ1) is 11.2. The Morgan fingerprint density at radius 1 is 1.26 bits per heavy atom. The van der Waals surface area contributed by atoms with Gasteiger partial charge in [-0.1, -0.05) is 0 Å². The van der Waals surface area contributed by atoms with Crippen LogP contribution in [-0.4, -0.2) is 43.3 Å². The zero-order chi connectivity index (χ0) is 15.9. The number of likely N-dealkylation sites (tertiary alicyclic amines) is 1. The number of carbonyl (C=O) groups is 1. The molecule has 1 N–H and O–H groups in total. The van der Waals surface area contributed by atoms with E-state index in [1.54, 1.807) is 7.11 Å². The lowest BCUT2D eigenvalue weighted by Crippen LogP contribution is -2.58. The summed E-state index contributed by atoms with van der Waals surface area (Å²) in [6.07, 6.45) is 3.97. The molecule has 124 valence electrons. The molecule has 2 saturated heterocycles. The van der Waals surface area contributed by atoms with Crippen LogP contribution in [0.1, 0.15) is 31.2 Å². The summed E-state index contributed by atoms with van der Waals surface area (Å²) in [5, 5.41) is 3.04. The van der Waals surface area contributed by atoms with Crippen molar-refractivity contribution in [2.24, 2.45) is 0 Å². The smallest absolute Gasteiger partial charge is 0.240 e. The minimum Gasteiger partial charge on any atom is -0.496 e. The Morgan fingerprint density at radius 2 is 2.04 bits per heavy atom. The summed E-state index contributed by atoms with van der Waals surface area (Å²) in [5.74, 6) is 2.44. The third-order valence-corrected chi connectivity index (χ3v) is 5.24. The Kier molecular flexibility index (Phi) is 3.56. The van der Waals surface area contributed by atoms with E-state index in [2.05, 4.69) is 10.2 Å². The van der Waals surface area contributed by atoms with Gasteiger partial charge < -0.3 is 19.5 Å². The van der Waals surface area contributed by atoms with Gasteiger partial charge in [0.15, 0.2) is 11.5 Å². The minimum atomic E-state index is -0.348. The number of nitrogens with zero attached hydrogens (tertiary/aromatic N) is 1. The van der Waals surface area contributed by atoms with Gasteiger partial charge in [0, 0.05) is 24.7 Å². The van der Waals surface area contributed by atoms with Crippen LogP contribution in [0.5, 0.6) is 17.2 Å². The number of hydrogen-bond acceptors (Lipinski definition) is 5. The van der Waals surface area contributed by atoms with Crippen molar-refractivity contribution in [3.63, 3.8) is 0 Å².